The van der Waals surface area contributed by atoms with Crippen molar-refractivity contribution >= 4 is 5.91 Å². The van der Waals surface area contributed by atoms with Gasteiger partial charge in [-0.1, -0.05) is 20.3 Å². The molecule has 1 atom stereocenters. The number of aromatic hydroxyl groups is 1. The Hall–Kier alpha value is -1.71. The number of ether oxygens (including phenoxy) is 1. The zero-order valence-electron chi connectivity index (χ0n) is 11.2. The van der Waals surface area contributed by atoms with Crippen LogP contribution in [0.5, 0.6) is 11.5 Å². The number of amides is 1. The zero-order chi connectivity index (χ0) is 13.5. The Labute approximate surface area is 108 Å². The van der Waals surface area contributed by atoms with Crippen LogP contribution >= 0.6 is 0 Å². The van der Waals surface area contributed by atoms with Gasteiger partial charge in [-0.15, -0.1) is 0 Å². The highest BCUT2D eigenvalue weighted by Crippen LogP contribution is 2.26. The summed E-state index contributed by atoms with van der Waals surface area (Å²) in [5, 5.41) is 12.6. The monoisotopic (exact) mass is 251 g/mol. The normalized spacial score (nSPS) is 11.9. The molecule has 2 N–H and O–H groups in total. The molecular formula is C14H21NO3. The van der Waals surface area contributed by atoms with Crippen molar-refractivity contribution in [3.8, 4) is 11.5 Å². The average molecular weight is 251 g/mol. The highest BCUT2D eigenvalue weighted by Gasteiger charge is 2.13. The molecule has 0 spiro atoms. The first-order chi connectivity index (χ1) is 8.62. The van der Waals surface area contributed by atoms with Gasteiger partial charge >= 0.3 is 0 Å². The lowest BCUT2D eigenvalue weighted by Gasteiger charge is -2.16. The van der Waals surface area contributed by atoms with Gasteiger partial charge in [0.1, 0.15) is 0 Å². The molecule has 0 fully saturated rings. The van der Waals surface area contributed by atoms with Gasteiger partial charge in [0, 0.05) is 11.6 Å². The third kappa shape index (κ3) is 3.65. The largest absolute Gasteiger partial charge is 0.504 e. The van der Waals surface area contributed by atoms with Gasteiger partial charge in [0.2, 0.25) is 0 Å². The minimum atomic E-state index is -0.159. The fourth-order valence-electron chi connectivity index (χ4n) is 1.83. The number of carbonyl (C=O) groups excluding carboxylic acids is 1. The minimum absolute atomic E-state index is 0.0197. The van der Waals surface area contributed by atoms with E-state index in [-0.39, 0.29) is 17.7 Å². The van der Waals surface area contributed by atoms with E-state index >= 15 is 0 Å². The molecule has 1 aromatic rings. The fraction of sp³-hybridized carbons (Fsp3) is 0.500. The third-order valence-corrected chi connectivity index (χ3v) is 2.91. The molecule has 4 nitrogen and oxygen atoms in total. The quantitative estimate of drug-likeness (QED) is 0.817. The highest BCUT2D eigenvalue weighted by molar-refractivity contribution is 5.95. The second-order valence-electron chi connectivity index (χ2n) is 4.25. The second kappa shape index (κ2) is 6.89. The maximum Gasteiger partial charge on any atom is 0.251 e. The van der Waals surface area contributed by atoms with Crippen LogP contribution in [0.2, 0.25) is 0 Å². The number of nitrogens with one attached hydrogen (secondary N) is 1. The number of hydrogen-bond donors (Lipinski definition) is 2. The van der Waals surface area contributed by atoms with Crippen molar-refractivity contribution in [2.45, 2.75) is 39.2 Å². The summed E-state index contributed by atoms with van der Waals surface area (Å²) in [5.74, 6) is 0.189. The lowest BCUT2D eigenvalue weighted by molar-refractivity contribution is 0.0933. The van der Waals surface area contributed by atoms with Crippen LogP contribution in [-0.2, 0) is 0 Å². The number of benzene rings is 1. The smallest absolute Gasteiger partial charge is 0.251 e. The molecule has 0 heterocycles. The van der Waals surface area contributed by atoms with Crippen LogP contribution < -0.4 is 10.1 Å². The van der Waals surface area contributed by atoms with Crippen LogP contribution in [0.15, 0.2) is 18.2 Å². The molecule has 0 aromatic heterocycles. The summed E-state index contributed by atoms with van der Waals surface area (Å²) in [7, 11) is 1.48. The summed E-state index contributed by atoms with van der Waals surface area (Å²) >= 11 is 0. The molecule has 1 unspecified atom stereocenters. The lowest BCUT2D eigenvalue weighted by atomic mass is 10.1. The van der Waals surface area contributed by atoms with Gasteiger partial charge in [-0.2, -0.15) is 0 Å². The van der Waals surface area contributed by atoms with Crippen LogP contribution in [-0.4, -0.2) is 24.2 Å². The Bertz CT molecular complexity index is 404. The van der Waals surface area contributed by atoms with E-state index in [0.29, 0.717) is 11.3 Å². The van der Waals surface area contributed by atoms with E-state index in [1.165, 1.54) is 13.2 Å². The van der Waals surface area contributed by atoms with Gasteiger partial charge in [-0.25, -0.2) is 0 Å². The predicted molar refractivity (Wildman–Crippen MR) is 71.1 cm³/mol. The summed E-state index contributed by atoms with van der Waals surface area (Å²) in [6.07, 6.45) is 2.90. The van der Waals surface area contributed by atoms with Gasteiger partial charge in [0.05, 0.1) is 7.11 Å². The Morgan fingerprint density at radius 2 is 2.17 bits per heavy atom. The van der Waals surface area contributed by atoms with Gasteiger partial charge in [-0.3, -0.25) is 4.79 Å². The molecular weight excluding hydrogens is 230 g/mol. The molecule has 1 amide bonds. The van der Waals surface area contributed by atoms with Crippen molar-refractivity contribution < 1.29 is 14.6 Å². The molecule has 0 saturated heterocycles. The first-order valence-electron chi connectivity index (χ1n) is 6.30. The maximum absolute atomic E-state index is 12.0. The maximum atomic E-state index is 12.0. The molecule has 0 aliphatic rings. The third-order valence-electron chi connectivity index (χ3n) is 2.91. The average Bonchev–Trinajstić information content (AvgIpc) is 2.37. The Morgan fingerprint density at radius 1 is 1.44 bits per heavy atom. The van der Waals surface area contributed by atoms with E-state index in [1.807, 2.05) is 6.92 Å². The number of methoxy groups -OCH3 is 1. The number of phenolic OH excluding ortho intramolecular Hbond substituents is 1. The molecule has 1 aromatic carbocycles. The van der Waals surface area contributed by atoms with Crippen molar-refractivity contribution in [1.29, 1.82) is 0 Å². The standard InChI is InChI=1S/C14H21NO3/c1-4-6-11(5-2)15-14(17)10-7-8-13(18-3)12(16)9-10/h7-9,11,16H,4-6H2,1-3H3,(H,15,17). The van der Waals surface area contributed by atoms with Crippen molar-refractivity contribution in [1.82, 2.24) is 5.32 Å². The molecule has 0 aliphatic carbocycles. The number of hydrogen-bond acceptors (Lipinski definition) is 3. The van der Waals surface area contributed by atoms with Crippen LogP contribution in [0.3, 0.4) is 0 Å². The van der Waals surface area contributed by atoms with Gasteiger partial charge < -0.3 is 15.2 Å². The lowest BCUT2D eigenvalue weighted by Crippen LogP contribution is -2.34. The molecule has 0 saturated carbocycles. The first-order valence-corrected chi connectivity index (χ1v) is 6.30. The van der Waals surface area contributed by atoms with E-state index < -0.39 is 0 Å². The molecule has 0 radical (unpaired) electrons. The van der Waals surface area contributed by atoms with Crippen molar-refractivity contribution in [3.63, 3.8) is 0 Å². The molecule has 100 valence electrons. The summed E-state index contributed by atoms with van der Waals surface area (Å²) in [6, 6.07) is 4.84. The molecule has 18 heavy (non-hydrogen) atoms. The van der Waals surface area contributed by atoms with Gasteiger partial charge in [0.25, 0.3) is 5.91 Å². The Morgan fingerprint density at radius 3 is 2.67 bits per heavy atom. The topological polar surface area (TPSA) is 58.6 Å². The van der Waals surface area contributed by atoms with E-state index in [1.54, 1.807) is 12.1 Å². The molecule has 4 heteroatoms. The van der Waals surface area contributed by atoms with Crippen molar-refractivity contribution in [2.75, 3.05) is 7.11 Å². The van der Waals surface area contributed by atoms with E-state index in [2.05, 4.69) is 12.2 Å². The van der Waals surface area contributed by atoms with E-state index in [0.717, 1.165) is 19.3 Å². The Balaban J connectivity index is 2.74. The summed E-state index contributed by atoms with van der Waals surface area (Å²) in [4.78, 5) is 12.0. The van der Waals surface area contributed by atoms with Crippen molar-refractivity contribution in [2.24, 2.45) is 0 Å². The minimum Gasteiger partial charge on any atom is -0.504 e. The fourth-order valence-corrected chi connectivity index (χ4v) is 1.83. The molecule has 0 aliphatic heterocycles. The number of phenols is 1. The zero-order valence-corrected chi connectivity index (χ0v) is 11.2. The highest BCUT2D eigenvalue weighted by atomic mass is 16.5. The van der Waals surface area contributed by atoms with Gasteiger partial charge in [-0.05, 0) is 31.0 Å². The summed E-state index contributed by atoms with van der Waals surface area (Å²) in [5.41, 5.74) is 0.447. The van der Waals surface area contributed by atoms with Crippen LogP contribution in [0, 0.1) is 0 Å². The van der Waals surface area contributed by atoms with Gasteiger partial charge in [0.15, 0.2) is 11.5 Å². The second-order valence-corrected chi connectivity index (χ2v) is 4.25. The number of rotatable bonds is 6. The van der Waals surface area contributed by atoms with E-state index in [4.69, 9.17) is 4.74 Å². The SMILES string of the molecule is CCCC(CC)NC(=O)c1ccc(OC)c(O)c1. The van der Waals surface area contributed by atoms with Crippen LogP contribution in [0.25, 0.3) is 0 Å². The van der Waals surface area contributed by atoms with Crippen LogP contribution in [0.4, 0.5) is 0 Å². The summed E-state index contributed by atoms with van der Waals surface area (Å²) in [6.45, 7) is 4.14. The predicted octanol–water partition coefficient (Wildman–Crippen LogP) is 2.71. The molecule has 0 bridgehead atoms. The van der Waals surface area contributed by atoms with Crippen molar-refractivity contribution in [3.05, 3.63) is 23.8 Å². The van der Waals surface area contributed by atoms with E-state index in [9.17, 15) is 9.90 Å². The summed E-state index contributed by atoms with van der Waals surface area (Å²) < 4.78 is 4.94. The van der Waals surface area contributed by atoms with Crippen LogP contribution in [0.1, 0.15) is 43.5 Å². The Kier molecular flexibility index (Phi) is 5.49. The molecule has 1 rings (SSSR count). The number of carbonyl (C=O) groups is 1. The first kappa shape index (κ1) is 14.4.